The molecule has 0 radical (unpaired) electrons. The van der Waals surface area contributed by atoms with E-state index >= 15 is 0 Å². The zero-order valence-corrected chi connectivity index (χ0v) is 18.3. The lowest BCUT2D eigenvalue weighted by molar-refractivity contribution is -0.991. The van der Waals surface area contributed by atoms with Gasteiger partial charge in [0.15, 0.2) is 17.9 Å². The highest BCUT2D eigenvalue weighted by molar-refractivity contribution is 5.68. The third kappa shape index (κ3) is 7.68. The van der Waals surface area contributed by atoms with Gasteiger partial charge in [-0.15, -0.1) is 0 Å². The minimum atomic E-state index is -1.40. The summed E-state index contributed by atoms with van der Waals surface area (Å²) in [6.07, 6.45) is -6.61. The molecule has 1 aromatic carbocycles. The number of esters is 4. The minimum Gasteiger partial charge on any atom is -0.595 e. The number of hydrogen-bond donors (Lipinski definition) is 2. The summed E-state index contributed by atoms with van der Waals surface area (Å²) in [5, 5.41) is 19.0. The van der Waals surface area contributed by atoms with Crippen molar-refractivity contribution in [3.63, 3.8) is 0 Å². The summed E-state index contributed by atoms with van der Waals surface area (Å²) < 4.78 is 32.4. The molecule has 1 heterocycles. The maximum atomic E-state index is 11.8. The average molecular weight is 471 g/mol. The van der Waals surface area contributed by atoms with Gasteiger partial charge in [0.2, 0.25) is 12.4 Å². The molecule has 0 aliphatic carbocycles. The van der Waals surface area contributed by atoms with Gasteiger partial charge in [-0.3, -0.25) is 19.2 Å². The molecule has 33 heavy (non-hydrogen) atoms. The fourth-order valence-corrected chi connectivity index (χ4v) is 3.09. The molecule has 1 aliphatic rings. The molecule has 2 N–H and O–H groups in total. The molecule has 0 aromatic heterocycles. The first-order valence-corrected chi connectivity index (χ1v) is 9.78. The molecular formula is C20H25NO12. The summed E-state index contributed by atoms with van der Waals surface area (Å²) in [5.74, 6) is -2.80. The van der Waals surface area contributed by atoms with Crippen molar-refractivity contribution < 1.29 is 58.0 Å². The quantitative estimate of drug-likeness (QED) is 0.285. The van der Waals surface area contributed by atoms with Crippen LogP contribution in [0.5, 0.6) is 5.75 Å². The Labute approximate surface area is 188 Å². The van der Waals surface area contributed by atoms with E-state index in [4.69, 9.17) is 33.6 Å². The Kier molecular flexibility index (Phi) is 9.11. The van der Waals surface area contributed by atoms with Crippen LogP contribution in [-0.4, -0.2) is 66.4 Å². The predicted octanol–water partition coefficient (Wildman–Crippen LogP) is -0.448. The molecule has 0 saturated carbocycles. The number of hydrogen-bond acceptors (Lipinski definition) is 12. The van der Waals surface area contributed by atoms with Gasteiger partial charge >= 0.3 is 23.9 Å². The Balaban J connectivity index is 2.42. The molecule has 2 rings (SSSR count). The summed E-state index contributed by atoms with van der Waals surface area (Å²) >= 11 is 0. The third-order valence-electron chi connectivity index (χ3n) is 4.30. The number of quaternary nitrogens is 1. The summed E-state index contributed by atoms with van der Waals surface area (Å²) in [7, 11) is 0. The van der Waals surface area contributed by atoms with Crippen LogP contribution in [0.2, 0.25) is 0 Å². The van der Waals surface area contributed by atoms with Gasteiger partial charge in [-0.2, -0.15) is 5.23 Å². The zero-order valence-electron chi connectivity index (χ0n) is 18.3. The first kappa shape index (κ1) is 26.0. The molecule has 1 fully saturated rings. The van der Waals surface area contributed by atoms with Crippen molar-refractivity contribution in [3.8, 4) is 5.75 Å². The fraction of sp³-hybridized carbons (Fsp3) is 0.500. The Morgan fingerprint density at radius 1 is 0.879 bits per heavy atom. The largest absolute Gasteiger partial charge is 0.595 e. The highest BCUT2D eigenvalue weighted by atomic mass is 16.8. The van der Waals surface area contributed by atoms with Crippen LogP contribution < -0.4 is 9.96 Å². The van der Waals surface area contributed by atoms with Crippen LogP contribution >= 0.6 is 0 Å². The van der Waals surface area contributed by atoms with Crippen molar-refractivity contribution in [3.05, 3.63) is 29.5 Å². The van der Waals surface area contributed by atoms with E-state index in [0.717, 1.165) is 27.7 Å². The molecule has 1 unspecified atom stereocenters. The zero-order chi connectivity index (χ0) is 24.7. The van der Waals surface area contributed by atoms with E-state index in [0.29, 0.717) is 0 Å². The summed E-state index contributed by atoms with van der Waals surface area (Å²) in [6.45, 7) is 4.09. The van der Waals surface area contributed by atoms with Crippen molar-refractivity contribution in [1.82, 2.24) is 0 Å². The van der Waals surface area contributed by atoms with Gasteiger partial charge < -0.3 is 33.6 Å². The topological polar surface area (TPSA) is 171 Å². The smallest absolute Gasteiger partial charge is 0.303 e. The van der Waals surface area contributed by atoms with Crippen LogP contribution in [0.1, 0.15) is 27.7 Å². The van der Waals surface area contributed by atoms with Crippen molar-refractivity contribution in [1.29, 1.82) is 0 Å². The van der Waals surface area contributed by atoms with E-state index in [2.05, 4.69) is 0 Å². The second kappa shape index (κ2) is 11.6. The van der Waals surface area contributed by atoms with Gasteiger partial charge in [-0.1, -0.05) is 0 Å². The van der Waals surface area contributed by atoms with Gasteiger partial charge in [0.25, 0.3) is 0 Å². The Morgan fingerprint density at radius 3 is 1.88 bits per heavy atom. The van der Waals surface area contributed by atoms with Crippen molar-refractivity contribution in [2.75, 3.05) is 6.61 Å². The van der Waals surface area contributed by atoms with Crippen molar-refractivity contribution in [2.45, 2.75) is 58.4 Å². The maximum Gasteiger partial charge on any atom is 0.303 e. The number of carbonyl (C=O) groups excluding carboxylic acids is 4. The van der Waals surface area contributed by atoms with E-state index in [1.54, 1.807) is 0 Å². The lowest BCUT2D eigenvalue weighted by atomic mass is 9.98. The third-order valence-corrected chi connectivity index (χ3v) is 4.30. The van der Waals surface area contributed by atoms with Gasteiger partial charge in [0, 0.05) is 39.8 Å². The second-order valence-corrected chi connectivity index (χ2v) is 7.02. The lowest BCUT2D eigenvalue weighted by Crippen LogP contribution is -2.99. The highest BCUT2D eigenvalue weighted by Crippen LogP contribution is 2.31. The van der Waals surface area contributed by atoms with Gasteiger partial charge in [-0.05, 0) is 12.1 Å². The van der Waals surface area contributed by atoms with E-state index in [9.17, 15) is 24.4 Å². The monoisotopic (exact) mass is 471 g/mol. The van der Waals surface area contributed by atoms with Crippen LogP contribution in [0, 0.1) is 5.21 Å². The van der Waals surface area contributed by atoms with Crippen LogP contribution in [0.25, 0.3) is 0 Å². The van der Waals surface area contributed by atoms with E-state index < -0.39 is 66.4 Å². The number of rotatable bonds is 8. The molecular weight excluding hydrogens is 446 g/mol. The van der Waals surface area contributed by atoms with Crippen molar-refractivity contribution in [2.24, 2.45) is 0 Å². The van der Waals surface area contributed by atoms with E-state index in [-0.39, 0.29) is 11.4 Å². The van der Waals surface area contributed by atoms with Crippen LogP contribution in [-0.2, 0) is 42.9 Å². The summed E-state index contributed by atoms with van der Waals surface area (Å²) in [5.41, 5.74) is 0.00361. The molecule has 0 bridgehead atoms. The fourth-order valence-electron chi connectivity index (χ4n) is 3.09. The SMILES string of the molecule is CC(=O)OC[C@H]1O[C@@H](Oc2ccc([NH+]([O-])O)cc2)[C@H](OC(C)=O)[C@@H](OC(C)=O)[C@@H]1OC(C)=O. The van der Waals surface area contributed by atoms with Crippen molar-refractivity contribution >= 4 is 29.6 Å². The maximum absolute atomic E-state index is 11.8. The number of ether oxygens (including phenoxy) is 6. The number of carbonyl (C=O) groups is 4. The summed E-state index contributed by atoms with van der Waals surface area (Å²) in [6, 6.07) is 5.25. The average Bonchev–Trinajstić information content (AvgIpc) is 2.70. The van der Waals surface area contributed by atoms with E-state index in [1.807, 2.05) is 0 Å². The lowest BCUT2D eigenvalue weighted by Gasteiger charge is -2.43. The molecule has 0 amide bonds. The summed E-state index contributed by atoms with van der Waals surface area (Å²) in [4.78, 5) is 46.6. The standard InChI is InChI=1S/C20H25NO12/c1-10(22)28-9-16-17(29-11(2)23)18(30-12(3)24)19(31-13(4)25)20(33-16)32-15-7-5-14(6-8-15)21(26)27/h5-8,16-21,26H,9H2,1-4H3/t16-,17-,18+,19-,20-/m1/s1. The first-order valence-electron chi connectivity index (χ1n) is 9.78. The van der Waals surface area contributed by atoms with Crippen LogP contribution in [0.4, 0.5) is 5.69 Å². The number of nitrogens with one attached hydrogen (secondary N) is 1. The molecule has 13 nitrogen and oxygen atoms in total. The van der Waals surface area contributed by atoms with Gasteiger partial charge in [0.1, 0.15) is 18.5 Å². The van der Waals surface area contributed by atoms with E-state index in [1.165, 1.54) is 24.3 Å². The Hall–Kier alpha value is -3.26. The second-order valence-electron chi connectivity index (χ2n) is 7.02. The minimum absolute atomic E-state index is 0.00361. The normalized spacial score (nSPS) is 25.3. The molecule has 6 atom stereocenters. The highest BCUT2D eigenvalue weighted by Gasteiger charge is 2.53. The Morgan fingerprint density at radius 2 is 1.39 bits per heavy atom. The molecule has 1 aliphatic heterocycles. The molecule has 13 heteroatoms. The first-order chi connectivity index (χ1) is 15.5. The van der Waals surface area contributed by atoms with Gasteiger partial charge in [0.05, 0.1) is 0 Å². The van der Waals surface area contributed by atoms with Gasteiger partial charge in [-0.25, -0.2) is 5.21 Å². The Bertz CT molecular complexity index is 855. The van der Waals surface area contributed by atoms with Crippen LogP contribution in [0.15, 0.2) is 24.3 Å². The number of benzene rings is 1. The molecule has 1 aromatic rings. The molecule has 0 spiro atoms. The molecule has 1 saturated heterocycles. The predicted molar refractivity (Wildman–Crippen MR) is 105 cm³/mol. The molecule has 182 valence electrons. The van der Waals surface area contributed by atoms with Crippen LogP contribution in [0.3, 0.4) is 0 Å².